The molecule has 0 saturated heterocycles. The Kier molecular flexibility index (Phi) is 6.31. The van der Waals surface area contributed by atoms with Gasteiger partial charge in [-0.05, 0) is 54.1 Å². The van der Waals surface area contributed by atoms with E-state index in [1.54, 1.807) is 81.0 Å². The third kappa shape index (κ3) is 4.67. The minimum Gasteiger partial charge on any atom is -0.497 e. The minimum atomic E-state index is -0.390. The number of fused-ring (bicyclic) bond motifs is 1. The molecule has 168 valence electrons. The van der Waals surface area contributed by atoms with E-state index in [9.17, 15) is 9.59 Å². The second-order valence-electron chi connectivity index (χ2n) is 7.18. The Labute approximate surface area is 191 Å². The van der Waals surface area contributed by atoms with Crippen LogP contribution in [0.4, 0.5) is 0 Å². The van der Waals surface area contributed by atoms with E-state index in [-0.39, 0.29) is 18.1 Å². The highest BCUT2D eigenvalue weighted by molar-refractivity contribution is 6.14. The highest BCUT2D eigenvalue weighted by atomic mass is 16.5. The average molecular weight is 446 g/mol. The first-order chi connectivity index (χ1) is 16.0. The molecule has 33 heavy (non-hydrogen) atoms. The van der Waals surface area contributed by atoms with Gasteiger partial charge in [0.2, 0.25) is 5.78 Å². The summed E-state index contributed by atoms with van der Waals surface area (Å²) in [6, 6.07) is 17.3. The molecule has 3 aromatic carbocycles. The molecule has 3 aromatic rings. The van der Waals surface area contributed by atoms with Gasteiger partial charge in [-0.15, -0.1) is 0 Å². The van der Waals surface area contributed by atoms with Gasteiger partial charge in [0.15, 0.2) is 5.76 Å². The van der Waals surface area contributed by atoms with Crippen molar-refractivity contribution in [2.45, 2.75) is 6.61 Å². The zero-order valence-electron chi connectivity index (χ0n) is 18.4. The molecule has 0 spiro atoms. The van der Waals surface area contributed by atoms with Gasteiger partial charge in [0.25, 0.3) is 0 Å². The Morgan fingerprint density at radius 1 is 0.909 bits per heavy atom. The number of hydrogen-bond acceptors (Lipinski definition) is 7. The van der Waals surface area contributed by atoms with Crippen LogP contribution in [0.25, 0.3) is 6.08 Å². The Bertz CT molecular complexity index is 1230. The molecular weight excluding hydrogens is 424 g/mol. The number of allylic oxidation sites excluding steroid dienone is 1. The van der Waals surface area contributed by atoms with Crippen molar-refractivity contribution in [1.82, 2.24) is 0 Å². The third-order valence-corrected chi connectivity index (χ3v) is 5.15. The second-order valence-corrected chi connectivity index (χ2v) is 7.18. The molecule has 0 radical (unpaired) electrons. The van der Waals surface area contributed by atoms with Crippen molar-refractivity contribution in [3.05, 3.63) is 88.7 Å². The first kappa shape index (κ1) is 22.0. The van der Waals surface area contributed by atoms with E-state index in [2.05, 4.69) is 0 Å². The zero-order valence-corrected chi connectivity index (χ0v) is 18.4. The van der Waals surface area contributed by atoms with Gasteiger partial charge in [-0.2, -0.15) is 0 Å². The molecule has 0 saturated carbocycles. The molecule has 0 bridgehead atoms. The number of ether oxygens (including phenoxy) is 5. The quantitative estimate of drug-likeness (QED) is 0.385. The van der Waals surface area contributed by atoms with Crippen LogP contribution in [0.2, 0.25) is 0 Å². The van der Waals surface area contributed by atoms with Crippen molar-refractivity contribution in [3.8, 4) is 23.0 Å². The maximum atomic E-state index is 12.8. The topological polar surface area (TPSA) is 80.3 Å². The van der Waals surface area contributed by atoms with Crippen molar-refractivity contribution < 1.29 is 33.3 Å². The fourth-order valence-electron chi connectivity index (χ4n) is 3.37. The van der Waals surface area contributed by atoms with Crippen LogP contribution in [0, 0.1) is 0 Å². The summed E-state index contributed by atoms with van der Waals surface area (Å²) < 4.78 is 27.0. The van der Waals surface area contributed by atoms with Crippen LogP contribution < -0.4 is 18.9 Å². The molecule has 0 N–H and O–H groups in total. The lowest BCUT2D eigenvalue weighted by molar-refractivity contribution is 0.0600. The summed E-state index contributed by atoms with van der Waals surface area (Å²) in [7, 11) is 4.47. The number of ketones is 1. The second kappa shape index (κ2) is 9.48. The van der Waals surface area contributed by atoms with Crippen molar-refractivity contribution in [1.29, 1.82) is 0 Å². The molecule has 0 fully saturated rings. The maximum Gasteiger partial charge on any atom is 0.337 e. The van der Waals surface area contributed by atoms with Gasteiger partial charge in [0.05, 0.1) is 32.5 Å². The van der Waals surface area contributed by atoms with Crippen LogP contribution in [0.5, 0.6) is 23.0 Å². The van der Waals surface area contributed by atoms with E-state index >= 15 is 0 Å². The number of carbonyl (C=O) groups excluding carboxylic acids is 2. The Morgan fingerprint density at radius 2 is 1.67 bits per heavy atom. The molecule has 0 amide bonds. The third-order valence-electron chi connectivity index (χ3n) is 5.15. The maximum absolute atomic E-state index is 12.8. The summed E-state index contributed by atoms with van der Waals surface area (Å²) in [4.78, 5) is 24.3. The molecular formula is C26H22O7. The minimum absolute atomic E-state index is 0.187. The number of esters is 1. The Balaban J connectivity index is 1.49. The van der Waals surface area contributed by atoms with Gasteiger partial charge in [-0.25, -0.2) is 4.79 Å². The van der Waals surface area contributed by atoms with Crippen molar-refractivity contribution in [2.24, 2.45) is 0 Å². The number of Topliss-reactive ketones (excluding diaryl/α,β-unsaturated/α-hetero) is 1. The fraction of sp³-hybridized carbons (Fsp3) is 0.154. The highest BCUT2D eigenvalue weighted by Crippen LogP contribution is 2.36. The number of benzene rings is 3. The van der Waals surface area contributed by atoms with Gasteiger partial charge in [-0.1, -0.05) is 12.1 Å². The number of methoxy groups -OCH3 is 3. The van der Waals surface area contributed by atoms with Gasteiger partial charge < -0.3 is 23.7 Å². The lowest BCUT2D eigenvalue weighted by Crippen LogP contribution is -2.02. The Hall–Kier alpha value is -4.26. The molecule has 0 atom stereocenters. The normalized spacial score (nSPS) is 13.3. The van der Waals surface area contributed by atoms with Crippen molar-refractivity contribution >= 4 is 17.8 Å². The average Bonchev–Trinajstić information content (AvgIpc) is 3.16. The number of carbonyl (C=O) groups is 2. The zero-order chi connectivity index (χ0) is 23.4. The van der Waals surface area contributed by atoms with E-state index in [4.69, 9.17) is 23.7 Å². The summed E-state index contributed by atoms with van der Waals surface area (Å²) in [5, 5.41) is 0. The SMILES string of the molecule is COC(=O)c1ccc(COc2ccc3c(c2)O/C(=C\c2cc(OC)ccc2OC)C3=O)cc1. The van der Waals surface area contributed by atoms with Crippen LogP contribution in [-0.4, -0.2) is 33.1 Å². The Morgan fingerprint density at radius 3 is 2.36 bits per heavy atom. The smallest absolute Gasteiger partial charge is 0.337 e. The van der Waals surface area contributed by atoms with Gasteiger partial charge in [0.1, 0.15) is 29.6 Å². The fourth-order valence-corrected chi connectivity index (χ4v) is 3.37. The molecule has 1 aliphatic heterocycles. The first-order valence-electron chi connectivity index (χ1n) is 10.1. The number of rotatable bonds is 7. The van der Waals surface area contributed by atoms with E-state index in [1.165, 1.54) is 7.11 Å². The van der Waals surface area contributed by atoms with Crippen LogP contribution in [0.3, 0.4) is 0 Å². The van der Waals surface area contributed by atoms with Gasteiger partial charge in [0, 0.05) is 11.6 Å². The monoisotopic (exact) mass is 446 g/mol. The number of hydrogen-bond donors (Lipinski definition) is 0. The molecule has 0 aromatic heterocycles. The lowest BCUT2D eigenvalue weighted by Gasteiger charge is -2.08. The largest absolute Gasteiger partial charge is 0.497 e. The standard InChI is InChI=1S/C26H22O7/c1-29-19-9-11-22(30-2)18(12-19)13-24-25(27)21-10-8-20(14-23(21)33-24)32-15-16-4-6-17(7-5-16)26(28)31-3/h4-14H,15H2,1-3H3/b24-13-. The van der Waals surface area contributed by atoms with E-state index in [0.717, 1.165) is 5.56 Å². The molecule has 7 heteroatoms. The summed E-state index contributed by atoms with van der Waals surface area (Å²) in [6.45, 7) is 0.290. The molecule has 0 aliphatic carbocycles. The van der Waals surface area contributed by atoms with Crippen LogP contribution in [0.15, 0.2) is 66.4 Å². The van der Waals surface area contributed by atoms with Crippen LogP contribution in [-0.2, 0) is 11.3 Å². The van der Waals surface area contributed by atoms with Gasteiger partial charge in [-0.3, -0.25) is 4.79 Å². The first-order valence-corrected chi connectivity index (χ1v) is 10.1. The summed E-state index contributed by atoms with van der Waals surface area (Å²) in [5.41, 5.74) is 2.47. The summed E-state index contributed by atoms with van der Waals surface area (Å²) in [6.07, 6.45) is 1.63. The molecule has 1 aliphatic rings. The highest BCUT2D eigenvalue weighted by Gasteiger charge is 2.28. The summed E-state index contributed by atoms with van der Waals surface area (Å²) >= 11 is 0. The van der Waals surface area contributed by atoms with E-state index < -0.39 is 5.97 Å². The van der Waals surface area contributed by atoms with Crippen LogP contribution >= 0.6 is 0 Å². The van der Waals surface area contributed by atoms with E-state index in [1.807, 2.05) is 0 Å². The molecule has 0 unspecified atom stereocenters. The predicted molar refractivity (Wildman–Crippen MR) is 121 cm³/mol. The van der Waals surface area contributed by atoms with E-state index in [0.29, 0.717) is 39.7 Å². The van der Waals surface area contributed by atoms with Crippen molar-refractivity contribution in [3.63, 3.8) is 0 Å². The molecule has 4 rings (SSSR count). The summed E-state index contributed by atoms with van der Waals surface area (Å²) in [5.74, 6) is 1.79. The molecule has 7 nitrogen and oxygen atoms in total. The van der Waals surface area contributed by atoms with Crippen molar-refractivity contribution in [2.75, 3.05) is 21.3 Å². The van der Waals surface area contributed by atoms with Gasteiger partial charge >= 0.3 is 5.97 Å². The lowest BCUT2D eigenvalue weighted by atomic mass is 10.1. The predicted octanol–water partition coefficient (Wildman–Crippen LogP) is 4.69. The van der Waals surface area contributed by atoms with Crippen LogP contribution in [0.1, 0.15) is 31.8 Å². The molecule has 1 heterocycles.